The number of amides is 1. The molecule has 3 aliphatic rings. The Morgan fingerprint density at radius 1 is 1.17 bits per heavy atom. The molecule has 120 valence electrons. The number of likely N-dealkylation sites (tertiary alicyclic amines) is 1. The lowest BCUT2D eigenvalue weighted by molar-refractivity contribution is -0.132. The minimum atomic E-state index is 0.213. The predicted octanol–water partition coefficient (Wildman–Crippen LogP) is 1.58. The first-order valence-electron chi connectivity index (χ1n) is 8.48. The first kappa shape index (κ1) is 14.4. The maximum absolute atomic E-state index is 12.6. The number of hydrogen-bond acceptors (Lipinski definition) is 5. The molecule has 1 aromatic rings. The zero-order valence-corrected chi connectivity index (χ0v) is 13.2. The van der Waals surface area contributed by atoms with E-state index in [4.69, 9.17) is 0 Å². The lowest BCUT2D eigenvalue weighted by atomic mass is 9.90. The van der Waals surface area contributed by atoms with E-state index in [0.717, 1.165) is 58.3 Å². The Balaban J connectivity index is 1.40. The largest absolute Gasteiger partial charge is 0.354 e. The summed E-state index contributed by atoms with van der Waals surface area (Å²) in [6, 6.07) is 2.12. The smallest absolute Gasteiger partial charge is 0.226 e. The summed E-state index contributed by atoms with van der Waals surface area (Å²) in [5.74, 6) is 1.31. The van der Waals surface area contributed by atoms with Crippen LogP contribution < -0.4 is 4.90 Å². The molecule has 4 rings (SSSR count). The van der Waals surface area contributed by atoms with Crippen molar-refractivity contribution in [3.8, 4) is 6.07 Å². The molecule has 0 unspecified atom stereocenters. The highest BCUT2D eigenvalue weighted by molar-refractivity contribution is 5.83. The fourth-order valence-electron chi connectivity index (χ4n) is 4.21. The van der Waals surface area contributed by atoms with Crippen molar-refractivity contribution in [2.24, 2.45) is 11.3 Å². The summed E-state index contributed by atoms with van der Waals surface area (Å²) in [5.41, 5.74) is 0.606. The van der Waals surface area contributed by atoms with E-state index in [9.17, 15) is 10.1 Å². The molecular formula is C17H21N5O. The van der Waals surface area contributed by atoms with Gasteiger partial charge in [-0.3, -0.25) is 4.79 Å². The molecule has 23 heavy (non-hydrogen) atoms. The van der Waals surface area contributed by atoms with Crippen LogP contribution in [0.15, 0.2) is 12.4 Å². The number of piperidine rings is 1. The van der Waals surface area contributed by atoms with Crippen LogP contribution in [-0.4, -0.2) is 47.0 Å². The third-order valence-corrected chi connectivity index (χ3v) is 5.75. The Morgan fingerprint density at radius 2 is 1.87 bits per heavy atom. The Kier molecular flexibility index (Phi) is 3.44. The molecule has 1 atom stereocenters. The number of carbonyl (C=O) groups excluding carboxylic acids is 1. The number of rotatable bonds is 2. The van der Waals surface area contributed by atoms with Crippen LogP contribution in [-0.2, 0) is 4.79 Å². The van der Waals surface area contributed by atoms with Crippen LogP contribution in [0.4, 0.5) is 5.82 Å². The summed E-state index contributed by atoms with van der Waals surface area (Å²) >= 11 is 0. The van der Waals surface area contributed by atoms with Crippen molar-refractivity contribution in [2.45, 2.75) is 32.1 Å². The summed E-state index contributed by atoms with van der Waals surface area (Å²) in [5, 5.41) is 9.17. The summed E-state index contributed by atoms with van der Waals surface area (Å²) in [6.07, 6.45) is 8.57. The highest BCUT2D eigenvalue weighted by atomic mass is 16.2. The van der Waals surface area contributed by atoms with Gasteiger partial charge < -0.3 is 9.80 Å². The van der Waals surface area contributed by atoms with Gasteiger partial charge in [0.25, 0.3) is 0 Å². The zero-order chi connectivity index (χ0) is 15.9. The average molecular weight is 311 g/mol. The van der Waals surface area contributed by atoms with Gasteiger partial charge in [-0.25, -0.2) is 9.97 Å². The van der Waals surface area contributed by atoms with Crippen molar-refractivity contribution in [3.05, 3.63) is 18.1 Å². The van der Waals surface area contributed by atoms with Crippen molar-refractivity contribution in [3.63, 3.8) is 0 Å². The molecule has 3 fully saturated rings. The predicted molar refractivity (Wildman–Crippen MR) is 84.5 cm³/mol. The Morgan fingerprint density at radius 3 is 2.57 bits per heavy atom. The number of nitriles is 1. The van der Waals surface area contributed by atoms with Crippen molar-refractivity contribution in [1.82, 2.24) is 14.9 Å². The zero-order valence-electron chi connectivity index (χ0n) is 13.2. The molecule has 0 N–H and O–H groups in total. The van der Waals surface area contributed by atoms with Crippen LogP contribution >= 0.6 is 0 Å². The average Bonchev–Trinajstić information content (AvgIpc) is 3.03. The minimum Gasteiger partial charge on any atom is -0.354 e. The molecule has 6 nitrogen and oxygen atoms in total. The second-order valence-corrected chi connectivity index (χ2v) is 6.98. The summed E-state index contributed by atoms with van der Waals surface area (Å²) < 4.78 is 0. The maximum atomic E-state index is 12.6. The number of nitrogens with zero attached hydrogens (tertiary/aromatic N) is 5. The first-order chi connectivity index (χ1) is 11.2. The number of aromatic nitrogens is 2. The normalized spacial score (nSPS) is 25.4. The van der Waals surface area contributed by atoms with Crippen LogP contribution in [0.1, 0.15) is 37.8 Å². The summed E-state index contributed by atoms with van der Waals surface area (Å²) in [6.45, 7) is 3.61. The third-order valence-electron chi connectivity index (χ3n) is 5.75. The SMILES string of the molecule is N#Cc1nccnc1N1CCC2(CC1)C[C@H]2C(=O)N1CCCC1. The van der Waals surface area contributed by atoms with Crippen molar-refractivity contribution < 1.29 is 4.79 Å². The van der Waals surface area contributed by atoms with E-state index in [1.165, 1.54) is 0 Å². The molecular weight excluding hydrogens is 290 g/mol. The molecule has 1 aliphatic carbocycles. The summed E-state index contributed by atoms with van der Waals surface area (Å²) in [7, 11) is 0. The van der Waals surface area contributed by atoms with E-state index in [0.29, 0.717) is 17.4 Å². The van der Waals surface area contributed by atoms with Crippen molar-refractivity contribution >= 4 is 11.7 Å². The van der Waals surface area contributed by atoms with Crippen LogP contribution in [0.25, 0.3) is 0 Å². The minimum absolute atomic E-state index is 0.213. The summed E-state index contributed by atoms with van der Waals surface area (Å²) in [4.78, 5) is 25.2. The van der Waals surface area contributed by atoms with E-state index >= 15 is 0 Å². The molecule has 0 aromatic carbocycles. The lowest BCUT2D eigenvalue weighted by Gasteiger charge is -2.34. The van der Waals surface area contributed by atoms with E-state index in [1.54, 1.807) is 12.4 Å². The molecule has 2 saturated heterocycles. The van der Waals surface area contributed by atoms with Gasteiger partial charge in [0.1, 0.15) is 6.07 Å². The highest BCUT2D eigenvalue weighted by Crippen LogP contribution is 2.60. The fourth-order valence-corrected chi connectivity index (χ4v) is 4.21. The highest BCUT2D eigenvalue weighted by Gasteiger charge is 2.59. The number of hydrogen-bond donors (Lipinski definition) is 0. The van der Waals surface area contributed by atoms with Crippen molar-refractivity contribution in [1.29, 1.82) is 5.26 Å². The van der Waals surface area contributed by atoms with Crippen LogP contribution in [0.5, 0.6) is 0 Å². The van der Waals surface area contributed by atoms with Crippen LogP contribution in [0, 0.1) is 22.7 Å². The standard InChI is InChI=1S/C17H21N5O/c18-12-14-15(20-6-5-19-14)21-9-3-17(4-10-21)11-13(17)16(23)22-7-1-2-8-22/h5-6,13H,1-4,7-11H2/t13-/m0/s1. The molecule has 3 heterocycles. The van der Waals surface area contributed by atoms with Gasteiger partial charge in [-0.1, -0.05) is 0 Å². The van der Waals surface area contributed by atoms with Gasteiger partial charge in [0, 0.05) is 44.5 Å². The second kappa shape index (κ2) is 5.48. The van der Waals surface area contributed by atoms with Crippen LogP contribution in [0.2, 0.25) is 0 Å². The molecule has 1 saturated carbocycles. The van der Waals surface area contributed by atoms with Gasteiger partial charge in [0.05, 0.1) is 0 Å². The van der Waals surface area contributed by atoms with Crippen LogP contribution in [0.3, 0.4) is 0 Å². The fraction of sp³-hybridized carbons (Fsp3) is 0.647. The number of carbonyl (C=O) groups is 1. The monoisotopic (exact) mass is 311 g/mol. The van der Waals surface area contributed by atoms with E-state index in [1.807, 2.05) is 0 Å². The van der Waals surface area contributed by atoms with Gasteiger partial charge >= 0.3 is 0 Å². The lowest BCUT2D eigenvalue weighted by Crippen LogP contribution is -2.38. The quantitative estimate of drug-likeness (QED) is 0.829. The first-order valence-corrected chi connectivity index (χ1v) is 8.48. The molecule has 6 heteroatoms. The molecule has 0 bridgehead atoms. The molecule has 1 spiro atoms. The molecule has 2 aliphatic heterocycles. The van der Waals surface area contributed by atoms with Gasteiger partial charge in [0.15, 0.2) is 11.5 Å². The Hall–Kier alpha value is -2.16. The van der Waals surface area contributed by atoms with Crippen molar-refractivity contribution in [2.75, 3.05) is 31.1 Å². The maximum Gasteiger partial charge on any atom is 0.226 e. The van der Waals surface area contributed by atoms with Gasteiger partial charge in [-0.15, -0.1) is 0 Å². The van der Waals surface area contributed by atoms with E-state index < -0.39 is 0 Å². The molecule has 1 amide bonds. The van der Waals surface area contributed by atoms with E-state index in [2.05, 4.69) is 25.8 Å². The third kappa shape index (κ3) is 2.44. The molecule has 1 aromatic heterocycles. The second-order valence-electron chi connectivity index (χ2n) is 6.98. The van der Waals surface area contributed by atoms with Gasteiger partial charge in [-0.2, -0.15) is 5.26 Å². The van der Waals surface area contributed by atoms with Gasteiger partial charge in [0.2, 0.25) is 5.91 Å². The number of anilines is 1. The molecule has 0 radical (unpaired) electrons. The van der Waals surface area contributed by atoms with Gasteiger partial charge in [-0.05, 0) is 37.5 Å². The Bertz CT molecular complexity index is 653. The van der Waals surface area contributed by atoms with E-state index in [-0.39, 0.29) is 11.3 Å². The Labute approximate surface area is 136 Å². The topological polar surface area (TPSA) is 73.1 Å².